The Hall–Kier alpha value is -0.660. The van der Waals surface area contributed by atoms with Gasteiger partial charge in [-0.25, -0.2) is 8.42 Å². The van der Waals surface area contributed by atoms with Crippen molar-refractivity contribution in [1.29, 1.82) is 0 Å². The second kappa shape index (κ2) is 5.38. The molecule has 6 nitrogen and oxygen atoms in total. The number of rotatable bonds is 3. The molecule has 1 saturated carbocycles. The van der Waals surface area contributed by atoms with Crippen molar-refractivity contribution in [2.45, 2.75) is 49.8 Å². The van der Waals surface area contributed by atoms with Crippen LogP contribution in [0.3, 0.4) is 0 Å². The Morgan fingerprint density at radius 2 is 1.95 bits per heavy atom. The highest BCUT2D eigenvalue weighted by Gasteiger charge is 2.48. The number of hydrogen-bond acceptors (Lipinski definition) is 4. The molecule has 2 aliphatic rings. The van der Waals surface area contributed by atoms with Crippen LogP contribution in [0.25, 0.3) is 0 Å². The van der Waals surface area contributed by atoms with E-state index in [1.165, 1.54) is 11.2 Å². The monoisotopic (exact) mass is 290 g/mol. The average molecular weight is 290 g/mol. The Kier molecular flexibility index (Phi) is 4.17. The van der Waals surface area contributed by atoms with Gasteiger partial charge in [0, 0.05) is 25.2 Å². The van der Waals surface area contributed by atoms with Gasteiger partial charge in [-0.05, 0) is 19.8 Å². The fourth-order valence-corrected chi connectivity index (χ4v) is 4.95. The van der Waals surface area contributed by atoms with Gasteiger partial charge in [0.15, 0.2) is 5.25 Å². The predicted octanol–water partition coefficient (Wildman–Crippen LogP) is 0.397. The van der Waals surface area contributed by atoms with Gasteiger partial charge >= 0.3 is 5.97 Å². The van der Waals surface area contributed by atoms with Crippen molar-refractivity contribution in [3.8, 4) is 0 Å². The molecule has 1 spiro atoms. The highest BCUT2D eigenvalue weighted by Crippen LogP contribution is 2.37. The van der Waals surface area contributed by atoms with Gasteiger partial charge in [0.05, 0.1) is 0 Å². The smallest absolute Gasteiger partial charge is 0.323 e. The number of carboxylic acids is 1. The lowest BCUT2D eigenvalue weighted by Gasteiger charge is -2.49. The molecule has 7 heteroatoms. The van der Waals surface area contributed by atoms with Gasteiger partial charge in [0.1, 0.15) is 0 Å². The molecule has 0 radical (unpaired) electrons. The number of nitrogens with one attached hydrogen (secondary N) is 1. The van der Waals surface area contributed by atoms with Crippen molar-refractivity contribution < 1.29 is 18.3 Å². The first-order chi connectivity index (χ1) is 8.90. The predicted molar refractivity (Wildman–Crippen MR) is 71.4 cm³/mol. The van der Waals surface area contributed by atoms with E-state index in [-0.39, 0.29) is 0 Å². The summed E-state index contributed by atoms with van der Waals surface area (Å²) in [4.78, 5) is 11.0. The van der Waals surface area contributed by atoms with Crippen molar-refractivity contribution >= 4 is 16.0 Å². The molecule has 0 bridgehead atoms. The Balaban J connectivity index is 2.31. The fraction of sp³-hybridized carbons (Fsp3) is 0.917. The van der Waals surface area contributed by atoms with E-state index in [4.69, 9.17) is 5.11 Å². The molecule has 0 aromatic rings. The van der Waals surface area contributed by atoms with Crippen LogP contribution in [0.5, 0.6) is 0 Å². The largest absolute Gasteiger partial charge is 0.480 e. The zero-order chi connectivity index (χ0) is 14.1. The Bertz CT molecular complexity index is 434. The summed E-state index contributed by atoms with van der Waals surface area (Å²) < 4.78 is 26.5. The molecular formula is C12H22N2O4S. The third-order valence-corrected chi connectivity index (χ3v) is 6.64. The highest BCUT2D eigenvalue weighted by atomic mass is 32.2. The van der Waals surface area contributed by atoms with E-state index in [0.717, 1.165) is 32.1 Å². The van der Waals surface area contributed by atoms with Gasteiger partial charge in [-0.2, -0.15) is 4.31 Å². The topological polar surface area (TPSA) is 86.7 Å². The molecule has 19 heavy (non-hydrogen) atoms. The first-order valence-corrected chi connectivity index (χ1v) is 8.36. The highest BCUT2D eigenvalue weighted by molar-refractivity contribution is 7.90. The molecule has 0 aromatic heterocycles. The molecule has 1 atom stereocenters. The lowest BCUT2D eigenvalue weighted by Crippen LogP contribution is -2.65. The molecule has 2 N–H and O–H groups in total. The molecule has 2 fully saturated rings. The van der Waals surface area contributed by atoms with Crippen LogP contribution < -0.4 is 5.32 Å². The second-order valence-corrected chi connectivity index (χ2v) is 7.74. The number of piperazine rings is 1. The van der Waals surface area contributed by atoms with Crippen LogP contribution in [0.1, 0.15) is 39.0 Å². The zero-order valence-electron chi connectivity index (χ0n) is 11.3. The van der Waals surface area contributed by atoms with Crippen molar-refractivity contribution in [1.82, 2.24) is 9.62 Å². The average Bonchev–Trinajstić information content (AvgIpc) is 2.39. The van der Waals surface area contributed by atoms with Gasteiger partial charge in [-0.15, -0.1) is 0 Å². The fourth-order valence-electron chi connectivity index (χ4n) is 3.18. The lowest BCUT2D eigenvalue weighted by molar-refractivity contribution is -0.136. The summed E-state index contributed by atoms with van der Waals surface area (Å²) in [6.45, 7) is 2.86. The summed E-state index contributed by atoms with van der Waals surface area (Å²) in [5.41, 5.74) is -0.404. The number of aliphatic carboxylic acids is 1. The molecule has 110 valence electrons. The summed E-state index contributed by atoms with van der Waals surface area (Å²) in [6, 6.07) is 0. The van der Waals surface area contributed by atoms with Gasteiger partial charge in [0.25, 0.3) is 0 Å². The van der Waals surface area contributed by atoms with E-state index in [1.807, 2.05) is 0 Å². The summed E-state index contributed by atoms with van der Waals surface area (Å²) in [7, 11) is -3.78. The minimum Gasteiger partial charge on any atom is -0.480 e. The standard InChI is InChI=1S/C12H22N2O4S/c1-10(11(15)16)19(17,18)14-8-7-13-9-12(14)5-3-2-4-6-12/h10,13H,2-9H2,1H3,(H,15,16). The van der Waals surface area contributed by atoms with Crippen molar-refractivity contribution in [2.24, 2.45) is 0 Å². The van der Waals surface area contributed by atoms with Crippen LogP contribution in [0.2, 0.25) is 0 Å². The number of hydrogen-bond donors (Lipinski definition) is 2. The minimum absolute atomic E-state index is 0.375. The van der Waals surface area contributed by atoms with Crippen LogP contribution in [0.4, 0.5) is 0 Å². The van der Waals surface area contributed by atoms with Gasteiger partial charge < -0.3 is 10.4 Å². The molecule has 1 aliphatic carbocycles. The maximum absolute atomic E-state index is 12.5. The molecule has 1 saturated heterocycles. The summed E-state index contributed by atoms with van der Waals surface area (Å²) in [5.74, 6) is -1.27. The van der Waals surface area contributed by atoms with Crippen LogP contribution >= 0.6 is 0 Å². The van der Waals surface area contributed by atoms with E-state index >= 15 is 0 Å². The molecule has 1 heterocycles. The molecule has 2 rings (SSSR count). The number of carbonyl (C=O) groups is 1. The molecule has 1 aliphatic heterocycles. The van der Waals surface area contributed by atoms with E-state index in [0.29, 0.717) is 19.6 Å². The van der Waals surface area contributed by atoms with E-state index in [2.05, 4.69) is 5.32 Å². The van der Waals surface area contributed by atoms with Gasteiger partial charge in [-0.3, -0.25) is 4.79 Å². The van der Waals surface area contributed by atoms with Crippen molar-refractivity contribution in [3.63, 3.8) is 0 Å². The molecule has 0 amide bonds. The zero-order valence-corrected chi connectivity index (χ0v) is 12.1. The van der Waals surface area contributed by atoms with Gasteiger partial charge in [0.2, 0.25) is 10.0 Å². The molecular weight excluding hydrogens is 268 g/mol. The first-order valence-electron chi connectivity index (χ1n) is 6.85. The first kappa shape index (κ1) is 14.7. The molecule has 0 aromatic carbocycles. The van der Waals surface area contributed by atoms with Crippen LogP contribution in [-0.4, -0.2) is 54.2 Å². The van der Waals surface area contributed by atoms with E-state index < -0.39 is 26.8 Å². The Morgan fingerprint density at radius 3 is 2.53 bits per heavy atom. The maximum atomic E-state index is 12.5. The molecule has 1 unspecified atom stereocenters. The lowest BCUT2D eigenvalue weighted by atomic mass is 9.80. The second-order valence-electron chi connectivity index (χ2n) is 5.56. The third kappa shape index (κ3) is 2.64. The van der Waals surface area contributed by atoms with E-state index in [9.17, 15) is 13.2 Å². The summed E-state index contributed by atoms with van der Waals surface area (Å²) in [5, 5.41) is 10.9. The quantitative estimate of drug-likeness (QED) is 0.785. The number of sulfonamides is 1. The number of carboxylic acid groups (broad SMARTS) is 1. The van der Waals surface area contributed by atoms with E-state index in [1.54, 1.807) is 0 Å². The van der Waals surface area contributed by atoms with Crippen molar-refractivity contribution in [3.05, 3.63) is 0 Å². The summed E-state index contributed by atoms with van der Waals surface area (Å²) >= 11 is 0. The summed E-state index contributed by atoms with van der Waals surface area (Å²) in [6.07, 6.45) is 4.80. The number of nitrogens with zero attached hydrogens (tertiary/aromatic N) is 1. The minimum atomic E-state index is -3.78. The normalized spacial score (nSPS) is 26.2. The van der Waals surface area contributed by atoms with Crippen LogP contribution in [0.15, 0.2) is 0 Å². The Morgan fingerprint density at radius 1 is 1.32 bits per heavy atom. The SMILES string of the molecule is CC(C(=O)O)S(=O)(=O)N1CCNCC12CCCCC2. The van der Waals surface area contributed by atoms with Gasteiger partial charge in [-0.1, -0.05) is 19.3 Å². The van der Waals surface area contributed by atoms with Crippen molar-refractivity contribution in [2.75, 3.05) is 19.6 Å². The Labute approximate surface area is 114 Å². The van der Waals surface area contributed by atoms with Crippen LogP contribution in [0, 0.1) is 0 Å². The van der Waals surface area contributed by atoms with Crippen LogP contribution in [-0.2, 0) is 14.8 Å². The maximum Gasteiger partial charge on any atom is 0.323 e. The third-order valence-electron chi connectivity index (χ3n) is 4.36.